The molecule has 0 spiro atoms. The van der Waals surface area contributed by atoms with Crippen molar-refractivity contribution in [3.63, 3.8) is 0 Å². The van der Waals surface area contributed by atoms with Gasteiger partial charge in [-0.3, -0.25) is 4.99 Å². The third-order valence-electron chi connectivity index (χ3n) is 3.43. The van der Waals surface area contributed by atoms with Gasteiger partial charge < -0.3 is 4.74 Å². The van der Waals surface area contributed by atoms with Gasteiger partial charge in [-0.1, -0.05) is 54.7 Å². The van der Waals surface area contributed by atoms with Crippen LogP contribution < -0.4 is 4.74 Å². The van der Waals surface area contributed by atoms with E-state index in [1.807, 2.05) is 54.6 Å². The van der Waals surface area contributed by atoms with Gasteiger partial charge in [-0.15, -0.1) is 10.2 Å². The average molecular weight is 309 g/mol. The molecule has 1 unspecified atom stereocenters. The molecule has 0 amide bonds. The lowest BCUT2D eigenvalue weighted by Gasteiger charge is -2.15. The average Bonchev–Trinajstić information content (AvgIpc) is 2.58. The number of rotatable bonds is 4. The van der Waals surface area contributed by atoms with E-state index in [0.29, 0.717) is 17.2 Å². The zero-order chi connectivity index (χ0) is 15.4. The second-order valence-corrected chi connectivity index (χ2v) is 5.34. The maximum Gasteiger partial charge on any atom is 0.177 e. The van der Waals surface area contributed by atoms with E-state index in [1.54, 1.807) is 7.11 Å². The van der Waals surface area contributed by atoms with E-state index < -0.39 is 0 Å². The molecule has 2 aromatic carbocycles. The maximum atomic E-state index is 5.29. The van der Waals surface area contributed by atoms with E-state index in [4.69, 9.17) is 17.0 Å². The van der Waals surface area contributed by atoms with E-state index in [9.17, 15) is 0 Å². The molecule has 3 rings (SSSR count). The lowest BCUT2D eigenvalue weighted by atomic mass is 10.1. The molecule has 110 valence electrons. The fourth-order valence-electron chi connectivity index (χ4n) is 2.23. The first-order valence-electron chi connectivity index (χ1n) is 6.98. The molecule has 0 saturated carbocycles. The van der Waals surface area contributed by atoms with Gasteiger partial charge in [0.1, 0.15) is 11.8 Å². The number of benzene rings is 2. The van der Waals surface area contributed by atoms with E-state index >= 15 is 0 Å². The number of hydrogen-bond acceptors (Lipinski definition) is 4. The molecule has 0 aromatic heterocycles. The lowest BCUT2D eigenvalue weighted by Crippen LogP contribution is -2.23. The summed E-state index contributed by atoms with van der Waals surface area (Å²) in [4.78, 5) is 5.18. The molecule has 4 nitrogen and oxygen atoms in total. The number of nitrogens with zero attached hydrogens (tertiary/aromatic N) is 3. The smallest absolute Gasteiger partial charge is 0.177 e. The number of hydrogen-bond donors (Lipinski definition) is 0. The molecule has 2 aromatic rings. The number of ether oxygens (including phenoxy) is 1. The van der Waals surface area contributed by atoms with Crippen LogP contribution in [0.2, 0.25) is 0 Å². The van der Waals surface area contributed by atoms with Crippen molar-refractivity contribution in [3.05, 3.63) is 65.7 Å². The second kappa shape index (κ2) is 6.58. The van der Waals surface area contributed by atoms with Crippen LogP contribution in [-0.2, 0) is 6.42 Å². The minimum absolute atomic E-state index is 0.156. The molecule has 1 atom stereocenters. The topological polar surface area (TPSA) is 46.3 Å². The van der Waals surface area contributed by atoms with Crippen LogP contribution in [0.5, 0.6) is 5.75 Å². The van der Waals surface area contributed by atoms with Crippen LogP contribution in [-0.4, -0.2) is 24.0 Å². The van der Waals surface area contributed by atoms with Crippen molar-refractivity contribution in [2.45, 2.75) is 12.5 Å². The van der Waals surface area contributed by atoms with E-state index in [1.165, 1.54) is 0 Å². The Bertz CT molecular complexity index is 723. The molecular formula is C17H15N3OS. The standard InChI is InChI=1S/C17H15N3OS/c1-21-14-9-7-12(8-10-14)11-15-17(22)20-19-16(18-15)13-5-3-2-4-6-13/h2-10,15H,11H2,1H3. The van der Waals surface area contributed by atoms with Gasteiger partial charge in [0.15, 0.2) is 10.8 Å². The number of azo groups is 1. The first-order valence-corrected chi connectivity index (χ1v) is 7.39. The summed E-state index contributed by atoms with van der Waals surface area (Å²) in [6.07, 6.45) is 0.707. The zero-order valence-corrected chi connectivity index (χ0v) is 13.0. The van der Waals surface area contributed by atoms with Gasteiger partial charge in [0, 0.05) is 12.0 Å². The second-order valence-electron chi connectivity index (χ2n) is 4.92. The van der Waals surface area contributed by atoms with Gasteiger partial charge in [0.05, 0.1) is 7.11 Å². The van der Waals surface area contributed by atoms with Crippen LogP contribution in [0.1, 0.15) is 11.1 Å². The highest BCUT2D eigenvalue weighted by atomic mass is 32.1. The minimum Gasteiger partial charge on any atom is -0.497 e. The van der Waals surface area contributed by atoms with Crippen LogP contribution >= 0.6 is 12.2 Å². The molecule has 0 aliphatic carbocycles. The summed E-state index contributed by atoms with van der Waals surface area (Å²) in [5.74, 6) is 1.47. The molecule has 0 fully saturated rings. The third-order valence-corrected chi connectivity index (χ3v) is 3.78. The molecule has 1 aliphatic rings. The van der Waals surface area contributed by atoms with Crippen LogP contribution in [0.3, 0.4) is 0 Å². The van der Waals surface area contributed by atoms with Gasteiger partial charge in [-0.05, 0) is 17.7 Å². The fraction of sp³-hybridized carbons (Fsp3) is 0.176. The first kappa shape index (κ1) is 14.5. The van der Waals surface area contributed by atoms with Crippen LogP contribution in [0, 0.1) is 0 Å². The molecule has 0 bridgehead atoms. The van der Waals surface area contributed by atoms with Crippen molar-refractivity contribution in [1.82, 2.24) is 0 Å². The minimum atomic E-state index is -0.156. The molecule has 22 heavy (non-hydrogen) atoms. The highest BCUT2D eigenvalue weighted by molar-refractivity contribution is 7.80. The summed E-state index contributed by atoms with van der Waals surface area (Å²) < 4.78 is 5.17. The van der Waals surface area contributed by atoms with Gasteiger partial charge in [-0.2, -0.15) is 0 Å². The molecule has 0 saturated heterocycles. The monoisotopic (exact) mass is 309 g/mol. The number of amidine groups is 1. The Morgan fingerprint density at radius 3 is 2.41 bits per heavy atom. The highest BCUT2D eigenvalue weighted by Crippen LogP contribution is 2.18. The SMILES string of the molecule is COc1ccc(CC2N=C(c3ccccc3)N=NC2=S)cc1. The van der Waals surface area contributed by atoms with Gasteiger partial charge in [0.25, 0.3) is 0 Å². The highest BCUT2D eigenvalue weighted by Gasteiger charge is 2.20. The van der Waals surface area contributed by atoms with E-state index in [-0.39, 0.29) is 6.04 Å². The summed E-state index contributed by atoms with van der Waals surface area (Å²) in [5.41, 5.74) is 2.09. The lowest BCUT2D eigenvalue weighted by molar-refractivity contribution is 0.414. The van der Waals surface area contributed by atoms with Crippen molar-refractivity contribution in [3.8, 4) is 5.75 Å². The number of methoxy groups -OCH3 is 1. The molecule has 0 N–H and O–H groups in total. The Kier molecular flexibility index (Phi) is 4.34. The molecule has 0 radical (unpaired) electrons. The summed E-state index contributed by atoms with van der Waals surface area (Å²) in [5, 5.41) is 8.21. The van der Waals surface area contributed by atoms with Crippen molar-refractivity contribution in [1.29, 1.82) is 0 Å². The summed E-state index contributed by atoms with van der Waals surface area (Å²) in [6, 6.07) is 17.6. The molecular weight excluding hydrogens is 294 g/mol. The number of thiocarbonyl (C=S) groups is 1. The van der Waals surface area contributed by atoms with Crippen molar-refractivity contribution < 1.29 is 4.74 Å². The van der Waals surface area contributed by atoms with Gasteiger partial charge in [0.2, 0.25) is 0 Å². The van der Waals surface area contributed by atoms with Crippen molar-refractivity contribution in [2.75, 3.05) is 7.11 Å². The Hall–Kier alpha value is -2.40. The maximum absolute atomic E-state index is 5.29. The van der Waals surface area contributed by atoms with Crippen molar-refractivity contribution >= 4 is 23.0 Å². The number of aliphatic imine (C=N–C) groups is 1. The van der Waals surface area contributed by atoms with Crippen LogP contribution in [0.4, 0.5) is 0 Å². The molecule has 1 aliphatic heterocycles. The largest absolute Gasteiger partial charge is 0.497 e. The zero-order valence-electron chi connectivity index (χ0n) is 12.1. The van der Waals surface area contributed by atoms with Crippen LogP contribution in [0.15, 0.2) is 69.8 Å². The summed E-state index contributed by atoms with van der Waals surface area (Å²) in [6.45, 7) is 0. The summed E-state index contributed by atoms with van der Waals surface area (Å²) in [7, 11) is 1.65. The van der Waals surface area contributed by atoms with Gasteiger partial charge in [-0.25, -0.2) is 0 Å². The normalized spacial score (nSPS) is 17.2. The fourth-order valence-corrected chi connectivity index (χ4v) is 2.41. The molecule has 1 heterocycles. The Labute approximate surface area is 134 Å². The van der Waals surface area contributed by atoms with E-state index in [0.717, 1.165) is 16.9 Å². The third kappa shape index (κ3) is 3.26. The van der Waals surface area contributed by atoms with Gasteiger partial charge >= 0.3 is 0 Å². The summed E-state index contributed by atoms with van der Waals surface area (Å²) >= 11 is 5.29. The molecule has 5 heteroatoms. The first-order chi connectivity index (χ1) is 10.8. The van der Waals surface area contributed by atoms with E-state index in [2.05, 4.69) is 15.2 Å². The predicted molar refractivity (Wildman–Crippen MR) is 90.9 cm³/mol. The quantitative estimate of drug-likeness (QED) is 0.805. The van der Waals surface area contributed by atoms with Crippen molar-refractivity contribution in [2.24, 2.45) is 15.2 Å². The predicted octanol–water partition coefficient (Wildman–Crippen LogP) is 3.85. The Morgan fingerprint density at radius 1 is 1.00 bits per heavy atom. The Balaban J connectivity index is 1.81. The Morgan fingerprint density at radius 2 is 1.73 bits per heavy atom. The van der Waals surface area contributed by atoms with Crippen LogP contribution in [0.25, 0.3) is 0 Å².